The van der Waals surface area contributed by atoms with Crippen molar-refractivity contribution in [3.05, 3.63) is 48.3 Å². The number of rotatable bonds is 4. The lowest BCUT2D eigenvalue weighted by Crippen LogP contribution is -2.00. The molecule has 2 aromatic heterocycles. The molecule has 5 nitrogen and oxygen atoms in total. The lowest BCUT2D eigenvalue weighted by Gasteiger charge is -2.02. The number of nitrogens with one attached hydrogen (secondary N) is 2. The molecular formula is C14H14N4O. The van der Waals surface area contributed by atoms with Crippen LogP contribution in [0.4, 0.5) is 5.69 Å². The molecule has 0 saturated carbocycles. The number of para-hydroxylation sites is 1. The predicted octanol–water partition coefficient (Wildman–Crippen LogP) is 2.58. The Balaban J connectivity index is 1.78. The summed E-state index contributed by atoms with van der Waals surface area (Å²) in [5, 5.41) is 3.30. The van der Waals surface area contributed by atoms with Crippen LogP contribution in [-0.4, -0.2) is 22.1 Å². The van der Waals surface area contributed by atoms with Gasteiger partial charge < -0.3 is 15.0 Å². The molecule has 0 saturated heterocycles. The van der Waals surface area contributed by atoms with E-state index in [4.69, 9.17) is 4.74 Å². The van der Waals surface area contributed by atoms with Crippen LogP contribution in [0.1, 0.15) is 5.82 Å². The van der Waals surface area contributed by atoms with Crippen LogP contribution >= 0.6 is 0 Å². The lowest BCUT2D eigenvalue weighted by atomic mass is 10.3. The van der Waals surface area contributed by atoms with E-state index in [1.54, 1.807) is 7.11 Å². The summed E-state index contributed by atoms with van der Waals surface area (Å²) >= 11 is 0. The van der Waals surface area contributed by atoms with Crippen molar-refractivity contribution in [3.63, 3.8) is 0 Å². The summed E-state index contributed by atoms with van der Waals surface area (Å²) in [6, 6.07) is 13.7. The Morgan fingerprint density at radius 2 is 1.95 bits per heavy atom. The molecule has 96 valence electrons. The monoisotopic (exact) mass is 254 g/mol. The normalized spacial score (nSPS) is 10.6. The minimum Gasteiger partial charge on any atom is -0.481 e. The molecule has 5 heteroatoms. The van der Waals surface area contributed by atoms with Crippen molar-refractivity contribution < 1.29 is 4.74 Å². The maximum absolute atomic E-state index is 5.08. The Morgan fingerprint density at radius 3 is 2.74 bits per heavy atom. The van der Waals surface area contributed by atoms with E-state index in [-0.39, 0.29) is 0 Å². The van der Waals surface area contributed by atoms with E-state index < -0.39 is 0 Å². The number of hydrogen-bond acceptors (Lipinski definition) is 4. The van der Waals surface area contributed by atoms with Gasteiger partial charge in [0.1, 0.15) is 5.82 Å². The topological polar surface area (TPSA) is 62.8 Å². The molecule has 0 amide bonds. The van der Waals surface area contributed by atoms with E-state index in [9.17, 15) is 0 Å². The third-order valence-electron chi connectivity index (χ3n) is 2.81. The summed E-state index contributed by atoms with van der Waals surface area (Å²) in [5.74, 6) is 1.42. The largest absolute Gasteiger partial charge is 0.481 e. The van der Waals surface area contributed by atoms with Gasteiger partial charge in [-0.15, -0.1) is 0 Å². The third-order valence-corrected chi connectivity index (χ3v) is 2.81. The minimum atomic E-state index is 0.571. The summed E-state index contributed by atoms with van der Waals surface area (Å²) < 4.78 is 5.08. The number of pyridine rings is 1. The average molecular weight is 254 g/mol. The number of fused-ring (bicyclic) bond motifs is 1. The SMILES string of the molecule is COc1ccc2[nH]c(CNc3ccccc3)nc2n1. The van der Waals surface area contributed by atoms with E-state index in [0.29, 0.717) is 18.1 Å². The van der Waals surface area contributed by atoms with Crippen LogP contribution in [0, 0.1) is 0 Å². The summed E-state index contributed by atoms with van der Waals surface area (Å²) in [6.07, 6.45) is 0. The number of benzene rings is 1. The Bertz CT molecular complexity index is 678. The van der Waals surface area contributed by atoms with Gasteiger partial charge in [-0.05, 0) is 18.2 Å². The number of anilines is 1. The molecule has 3 rings (SSSR count). The smallest absolute Gasteiger partial charge is 0.215 e. The van der Waals surface area contributed by atoms with Crippen molar-refractivity contribution in [2.45, 2.75) is 6.54 Å². The quantitative estimate of drug-likeness (QED) is 0.751. The highest BCUT2D eigenvalue weighted by atomic mass is 16.5. The van der Waals surface area contributed by atoms with Gasteiger partial charge in [-0.25, -0.2) is 4.98 Å². The molecule has 0 aliphatic rings. The molecule has 0 aliphatic carbocycles. The number of ether oxygens (including phenoxy) is 1. The number of imidazole rings is 1. The molecule has 2 N–H and O–H groups in total. The molecule has 2 heterocycles. The first-order chi connectivity index (χ1) is 9.35. The van der Waals surface area contributed by atoms with Crippen LogP contribution in [0.3, 0.4) is 0 Å². The van der Waals surface area contributed by atoms with Crippen molar-refractivity contribution in [3.8, 4) is 5.88 Å². The molecule has 0 bridgehead atoms. The Hall–Kier alpha value is -2.56. The van der Waals surface area contributed by atoms with Crippen LogP contribution in [0.2, 0.25) is 0 Å². The number of aromatic amines is 1. The maximum atomic E-state index is 5.08. The fraction of sp³-hybridized carbons (Fsp3) is 0.143. The Morgan fingerprint density at radius 1 is 1.11 bits per heavy atom. The number of nitrogens with zero attached hydrogens (tertiary/aromatic N) is 2. The second-order valence-corrected chi connectivity index (χ2v) is 4.13. The van der Waals surface area contributed by atoms with Gasteiger partial charge in [0, 0.05) is 11.8 Å². The summed E-state index contributed by atoms with van der Waals surface area (Å²) in [6.45, 7) is 0.628. The molecule has 0 aliphatic heterocycles. The van der Waals surface area contributed by atoms with Crippen LogP contribution in [-0.2, 0) is 6.54 Å². The number of H-pyrrole nitrogens is 1. The molecule has 0 spiro atoms. The van der Waals surface area contributed by atoms with Crippen molar-refractivity contribution in [1.82, 2.24) is 15.0 Å². The summed E-state index contributed by atoms with van der Waals surface area (Å²) in [4.78, 5) is 11.9. The van der Waals surface area contributed by atoms with Crippen LogP contribution in [0.25, 0.3) is 11.2 Å². The standard InChI is InChI=1S/C14H14N4O/c1-19-13-8-7-11-14(18-13)17-12(16-11)9-15-10-5-3-2-4-6-10/h2-8,15H,9H2,1H3,(H,16,17,18). The molecule has 0 unspecified atom stereocenters. The maximum Gasteiger partial charge on any atom is 0.215 e. The van der Waals surface area contributed by atoms with Gasteiger partial charge in [0.15, 0.2) is 5.65 Å². The van der Waals surface area contributed by atoms with Crippen molar-refractivity contribution >= 4 is 16.9 Å². The van der Waals surface area contributed by atoms with Gasteiger partial charge in [-0.1, -0.05) is 18.2 Å². The molecule has 1 aromatic carbocycles. The Kier molecular flexibility index (Phi) is 3.02. The number of aromatic nitrogens is 3. The second-order valence-electron chi connectivity index (χ2n) is 4.13. The predicted molar refractivity (Wildman–Crippen MR) is 74.2 cm³/mol. The zero-order valence-electron chi connectivity index (χ0n) is 10.6. The van der Waals surface area contributed by atoms with Gasteiger partial charge in [-0.2, -0.15) is 4.98 Å². The zero-order valence-corrected chi connectivity index (χ0v) is 10.6. The van der Waals surface area contributed by atoms with E-state index in [2.05, 4.69) is 20.3 Å². The van der Waals surface area contributed by atoms with Crippen molar-refractivity contribution in [1.29, 1.82) is 0 Å². The first-order valence-corrected chi connectivity index (χ1v) is 6.04. The second kappa shape index (κ2) is 4.97. The van der Waals surface area contributed by atoms with Crippen molar-refractivity contribution in [2.24, 2.45) is 0 Å². The van der Waals surface area contributed by atoms with Gasteiger partial charge >= 0.3 is 0 Å². The van der Waals surface area contributed by atoms with Gasteiger partial charge in [-0.3, -0.25) is 0 Å². The fourth-order valence-electron chi connectivity index (χ4n) is 1.86. The van der Waals surface area contributed by atoms with E-state index in [1.165, 1.54) is 0 Å². The number of hydrogen-bond donors (Lipinski definition) is 2. The van der Waals surface area contributed by atoms with Crippen molar-refractivity contribution in [2.75, 3.05) is 12.4 Å². The Labute approximate surface area is 110 Å². The van der Waals surface area contributed by atoms with Crippen LogP contribution in [0.15, 0.2) is 42.5 Å². The molecule has 0 atom stereocenters. The van der Waals surface area contributed by atoms with Crippen LogP contribution in [0.5, 0.6) is 5.88 Å². The average Bonchev–Trinajstić information content (AvgIpc) is 2.88. The molecule has 19 heavy (non-hydrogen) atoms. The molecule has 0 fully saturated rings. The zero-order chi connectivity index (χ0) is 13.1. The van der Waals surface area contributed by atoms with Gasteiger partial charge in [0.25, 0.3) is 0 Å². The first-order valence-electron chi connectivity index (χ1n) is 6.04. The summed E-state index contributed by atoms with van der Waals surface area (Å²) in [5.41, 5.74) is 2.64. The highest BCUT2D eigenvalue weighted by Gasteiger charge is 2.05. The molecule has 0 radical (unpaired) electrons. The lowest BCUT2D eigenvalue weighted by molar-refractivity contribution is 0.399. The van der Waals surface area contributed by atoms with E-state index >= 15 is 0 Å². The van der Waals surface area contributed by atoms with Crippen LogP contribution < -0.4 is 10.1 Å². The highest BCUT2D eigenvalue weighted by molar-refractivity contribution is 5.71. The molecule has 3 aromatic rings. The van der Waals surface area contributed by atoms with Gasteiger partial charge in [0.2, 0.25) is 5.88 Å². The fourth-order valence-corrected chi connectivity index (χ4v) is 1.86. The minimum absolute atomic E-state index is 0.571. The first kappa shape index (κ1) is 11.5. The highest BCUT2D eigenvalue weighted by Crippen LogP contribution is 2.15. The number of methoxy groups -OCH3 is 1. The van der Waals surface area contributed by atoms with Gasteiger partial charge in [0.05, 0.1) is 19.2 Å². The third kappa shape index (κ3) is 2.49. The van der Waals surface area contributed by atoms with E-state index in [1.807, 2.05) is 42.5 Å². The van der Waals surface area contributed by atoms with E-state index in [0.717, 1.165) is 17.0 Å². The molecular weight excluding hydrogens is 240 g/mol. The summed E-state index contributed by atoms with van der Waals surface area (Å²) in [7, 11) is 1.60.